The van der Waals surface area contributed by atoms with Crippen molar-refractivity contribution in [3.63, 3.8) is 0 Å². The summed E-state index contributed by atoms with van der Waals surface area (Å²) in [4.78, 5) is 35.2. The highest BCUT2D eigenvalue weighted by Gasteiger charge is 2.59. The van der Waals surface area contributed by atoms with Crippen molar-refractivity contribution in [2.45, 2.75) is 87.3 Å². The number of aliphatic hydroxyl groups is 3. The zero-order chi connectivity index (χ0) is 42.4. The Morgan fingerprint density at radius 1 is 1.15 bits per heavy atom. The largest absolute Gasteiger partial charge is 0.506 e. The van der Waals surface area contributed by atoms with Gasteiger partial charge in [-0.2, -0.15) is 4.99 Å². The van der Waals surface area contributed by atoms with Crippen LogP contribution in [0.3, 0.4) is 0 Å². The normalized spacial score (nSPS) is 31.0. The van der Waals surface area contributed by atoms with Crippen LogP contribution in [0.5, 0.6) is 17.2 Å². The zero-order valence-electron chi connectivity index (χ0n) is 34.0. The molecule has 3 aliphatic carbocycles. The van der Waals surface area contributed by atoms with Crippen molar-refractivity contribution >= 4 is 34.8 Å². The van der Waals surface area contributed by atoms with Crippen LogP contribution in [-0.4, -0.2) is 106 Å². The third kappa shape index (κ3) is 5.88. The number of benzene rings is 3. The highest BCUT2D eigenvalue weighted by Crippen LogP contribution is 2.55. The molecule has 5 aliphatic heterocycles. The lowest BCUT2D eigenvalue weighted by Gasteiger charge is -2.47. The SMILES string of the molecule is COc1cc2c3c(c4c(O)c2c2c1/C=C\[C@H](C1=C5[CH+]C=CC=C5N=C1)OC[C@H]1O[C@H](O2)[C@@](O)(CO)[C@@H](OC#CCc2cccc5c2CN(CC4=O)C5=O)[C@@H]1O)[C@H]1CCC[C@@H]1CC3. The molecule has 8 aliphatic rings. The molecule has 0 radical (unpaired) electrons. The molecular weight excluding hydrogens is 793 g/mol. The van der Waals surface area contributed by atoms with Crippen molar-refractivity contribution in [3.05, 3.63) is 111 Å². The maximum absolute atomic E-state index is 15.1. The Morgan fingerprint density at radius 3 is 2.89 bits per heavy atom. The van der Waals surface area contributed by atoms with Crippen LogP contribution in [0.1, 0.15) is 80.1 Å². The predicted molar refractivity (Wildman–Crippen MR) is 226 cm³/mol. The van der Waals surface area contributed by atoms with E-state index in [-0.39, 0.29) is 60.4 Å². The lowest BCUT2D eigenvalue weighted by molar-refractivity contribution is -0.327. The van der Waals surface area contributed by atoms with Crippen LogP contribution < -0.4 is 9.47 Å². The topological polar surface area (TPSA) is 177 Å². The van der Waals surface area contributed by atoms with Gasteiger partial charge >= 0.3 is 0 Å². The van der Waals surface area contributed by atoms with Gasteiger partial charge in [-0.25, -0.2) is 0 Å². The number of phenolic OH excluding ortho intramolecular Hbond substituents is 1. The molecular formula is C49H45N2O11+. The Hall–Kier alpha value is -5.88. The molecule has 4 N–H and O–H groups in total. The number of amides is 1. The predicted octanol–water partition coefficient (Wildman–Crippen LogP) is 4.76. The fourth-order valence-electron chi connectivity index (χ4n) is 11.0. The molecule has 0 spiro atoms. The first-order valence-electron chi connectivity index (χ1n) is 21.3. The third-order valence-corrected chi connectivity index (χ3v) is 14.1. The average Bonchev–Trinajstić information content (AvgIpc) is 4.02. The minimum atomic E-state index is -2.44. The second kappa shape index (κ2) is 14.9. The van der Waals surface area contributed by atoms with Gasteiger partial charge in [-0.15, -0.1) is 0 Å². The summed E-state index contributed by atoms with van der Waals surface area (Å²) in [5.41, 5.74) is 3.97. The Labute approximate surface area is 357 Å². The van der Waals surface area contributed by atoms with Crippen molar-refractivity contribution in [2.24, 2.45) is 10.9 Å². The molecule has 13 heteroatoms. The number of phenols is 1. The molecule has 0 aromatic heterocycles. The molecule has 1 saturated heterocycles. The van der Waals surface area contributed by atoms with Gasteiger partial charge in [-0.3, -0.25) is 9.59 Å². The van der Waals surface area contributed by atoms with Gasteiger partial charge < -0.3 is 49.0 Å². The molecule has 8 atom stereocenters. The maximum Gasteiger partial charge on any atom is 0.254 e. The smallest absolute Gasteiger partial charge is 0.254 e. The molecule has 0 unspecified atom stereocenters. The van der Waals surface area contributed by atoms with Gasteiger partial charge in [0.25, 0.3) is 5.91 Å². The van der Waals surface area contributed by atoms with E-state index in [1.807, 2.05) is 36.8 Å². The van der Waals surface area contributed by atoms with Crippen LogP contribution in [0.4, 0.5) is 0 Å². The molecule has 62 heavy (non-hydrogen) atoms. The highest BCUT2D eigenvalue weighted by atomic mass is 16.7. The monoisotopic (exact) mass is 837 g/mol. The molecule has 1 saturated carbocycles. The number of methoxy groups -OCH3 is 1. The number of ether oxygens (including phenoxy) is 5. The summed E-state index contributed by atoms with van der Waals surface area (Å²) in [6.07, 6.45) is 13.1. The summed E-state index contributed by atoms with van der Waals surface area (Å²) in [6, 6.07) is 7.20. The molecule has 8 bridgehead atoms. The molecule has 3 aromatic rings. The number of carbonyl (C=O) groups is 2. The van der Waals surface area contributed by atoms with Crippen LogP contribution >= 0.6 is 0 Å². The number of Topliss-reactive ketones (excluding diaryl/α,β-unsaturated/α-hetero) is 1. The van der Waals surface area contributed by atoms with E-state index in [9.17, 15) is 25.2 Å². The van der Waals surface area contributed by atoms with Gasteiger partial charge in [0.15, 0.2) is 23.2 Å². The Kier molecular flexibility index (Phi) is 9.37. The maximum atomic E-state index is 15.1. The second-order valence-electron chi connectivity index (χ2n) is 17.3. The van der Waals surface area contributed by atoms with Crippen LogP contribution in [0.25, 0.3) is 16.8 Å². The number of fused-ring (bicyclic) bond motifs is 10. The Morgan fingerprint density at radius 2 is 2.03 bits per heavy atom. The standard InChI is InChI=1S/C49H44N2O11/c1-58-38-19-32-29-15-14-26-8-4-11-27(26)40(29)42-36(53)22-51-21-34-25(7-5-12-30(34)47(51)56)9-6-18-59-46-43(54)39-23-60-37(33-20-50-35-13-3-2-10-28(33)35)17-16-31(38)45(41(32)44(42)55)62-48(61-39)49(46,57)24-52/h2-3,5,7,10,12-13,16-17,19-20,26-27,37,39,43,46,48,52,54,57H,4,8-9,11,14-15,21-24H2,1H3/p+1/b17-16-/t26-,27+,37-,39-,43-,46+,48-,49-/m1/s1. The van der Waals surface area contributed by atoms with E-state index < -0.39 is 48.7 Å². The lowest BCUT2D eigenvalue weighted by Crippen LogP contribution is -2.70. The van der Waals surface area contributed by atoms with Gasteiger partial charge in [0.2, 0.25) is 6.29 Å². The van der Waals surface area contributed by atoms with Crippen LogP contribution in [0.15, 0.2) is 70.4 Å². The van der Waals surface area contributed by atoms with E-state index in [4.69, 9.17) is 23.7 Å². The van der Waals surface area contributed by atoms with Crippen molar-refractivity contribution in [2.75, 3.05) is 26.9 Å². The first-order chi connectivity index (χ1) is 30.2. The summed E-state index contributed by atoms with van der Waals surface area (Å²) in [5.74, 6) is 2.63. The summed E-state index contributed by atoms with van der Waals surface area (Å²) >= 11 is 0. The Bertz CT molecular complexity index is 2680. The van der Waals surface area contributed by atoms with Gasteiger partial charge in [-0.1, -0.05) is 24.5 Å². The lowest BCUT2D eigenvalue weighted by atomic mass is 9.72. The number of allylic oxidation sites excluding steroid dienone is 4. The van der Waals surface area contributed by atoms with Crippen LogP contribution in [0.2, 0.25) is 0 Å². The highest BCUT2D eigenvalue weighted by molar-refractivity contribution is 6.13. The molecule has 11 rings (SSSR count). The van der Waals surface area contributed by atoms with E-state index >= 15 is 4.79 Å². The van der Waals surface area contributed by atoms with Crippen LogP contribution in [-0.2, 0) is 33.6 Å². The van der Waals surface area contributed by atoms with Gasteiger partial charge in [0.05, 0.1) is 55.2 Å². The molecule has 3 aromatic carbocycles. The van der Waals surface area contributed by atoms with Gasteiger partial charge in [-0.05, 0) is 89.4 Å². The number of hydrogen-bond donors (Lipinski definition) is 4. The van der Waals surface area contributed by atoms with Crippen molar-refractivity contribution in [3.8, 4) is 29.3 Å². The van der Waals surface area contributed by atoms with Crippen LogP contribution in [0, 0.1) is 24.4 Å². The van der Waals surface area contributed by atoms with E-state index in [2.05, 4.69) is 17.0 Å². The number of carbonyl (C=O) groups excluding carboxylic acids is 2. The molecule has 13 nitrogen and oxygen atoms in total. The number of hydrogen-bond acceptors (Lipinski definition) is 12. The van der Waals surface area contributed by atoms with Gasteiger partial charge in [0, 0.05) is 43.2 Å². The number of aliphatic hydroxyl groups excluding tert-OH is 2. The number of rotatable bonds is 3. The van der Waals surface area contributed by atoms with E-state index in [1.165, 1.54) is 12.0 Å². The third-order valence-electron chi connectivity index (χ3n) is 14.1. The molecule has 316 valence electrons. The quantitative estimate of drug-likeness (QED) is 0.211. The van der Waals surface area contributed by atoms with E-state index in [0.717, 1.165) is 64.8 Å². The van der Waals surface area contributed by atoms with Gasteiger partial charge in [0.1, 0.15) is 47.2 Å². The fraction of sp³-hybridized carbons (Fsp3) is 0.388. The summed E-state index contributed by atoms with van der Waals surface area (Å²) in [6.45, 7) is -1.32. The molecule has 5 heterocycles. The van der Waals surface area contributed by atoms with Crippen molar-refractivity contribution in [1.82, 2.24) is 4.90 Å². The minimum absolute atomic E-state index is 0.00287. The summed E-state index contributed by atoms with van der Waals surface area (Å²) in [5, 5.41) is 49.2. The summed E-state index contributed by atoms with van der Waals surface area (Å²) < 4.78 is 32.0. The van der Waals surface area contributed by atoms with E-state index in [0.29, 0.717) is 34.6 Å². The van der Waals surface area contributed by atoms with Crippen molar-refractivity contribution < 1.29 is 53.7 Å². The zero-order valence-corrected chi connectivity index (χ0v) is 34.0. The van der Waals surface area contributed by atoms with E-state index in [1.54, 1.807) is 30.5 Å². The fourth-order valence-corrected chi connectivity index (χ4v) is 11.0. The number of aliphatic imine (C=N–C) groups is 1. The summed E-state index contributed by atoms with van der Waals surface area (Å²) in [7, 11) is 1.52. The minimum Gasteiger partial charge on any atom is -0.506 e. The average molecular weight is 838 g/mol. The Balaban J connectivity index is 1.19. The second-order valence-corrected chi connectivity index (χ2v) is 17.3. The number of nitrogens with zero attached hydrogens (tertiary/aromatic N) is 2. The number of ketones is 1. The molecule has 1 amide bonds. The first kappa shape index (κ1) is 39.0. The van der Waals surface area contributed by atoms with Crippen molar-refractivity contribution in [1.29, 1.82) is 0 Å². The molecule has 2 fully saturated rings. The number of aryl methyl sites for hydroxylation is 1. The first-order valence-corrected chi connectivity index (χ1v) is 21.3. The number of aromatic hydroxyl groups is 1.